The number of methoxy groups -OCH3 is 1. The second-order valence-corrected chi connectivity index (χ2v) is 3.78. The van der Waals surface area contributed by atoms with Gasteiger partial charge in [-0.15, -0.1) is 0 Å². The fraction of sp³-hybridized carbons (Fsp3) is 0.231. The lowest BCUT2D eigenvalue weighted by Crippen LogP contribution is -2.08. The quantitative estimate of drug-likeness (QED) is 0.819. The molecule has 0 fully saturated rings. The van der Waals surface area contributed by atoms with E-state index >= 15 is 0 Å². The fourth-order valence-corrected chi connectivity index (χ4v) is 1.73. The number of aromatic amines is 2. The highest BCUT2D eigenvalue weighted by Crippen LogP contribution is 2.24. The second kappa shape index (κ2) is 5.43. The molecule has 0 aliphatic heterocycles. The smallest absolute Gasteiger partial charge is 0.357 e. The van der Waals surface area contributed by atoms with E-state index in [4.69, 9.17) is 9.47 Å². The number of rotatable bonds is 4. The van der Waals surface area contributed by atoms with Gasteiger partial charge in [-0.1, -0.05) is 12.1 Å². The average Bonchev–Trinajstić information content (AvgIpc) is 2.81. The zero-order valence-electron chi connectivity index (χ0n) is 10.6. The van der Waals surface area contributed by atoms with Gasteiger partial charge >= 0.3 is 11.7 Å². The summed E-state index contributed by atoms with van der Waals surface area (Å²) in [5.41, 5.74) is 0.712. The van der Waals surface area contributed by atoms with Gasteiger partial charge in [-0.25, -0.2) is 9.59 Å². The first kappa shape index (κ1) is 12.9. The Kier molecular flexibility index (Phi) is 3.70. The Morgan fingerprint density at radius 2 is 2.11 bits per heavy atom. The molecule has 0 atom stereocenters. The van der Waals surface area contributed by atoms with Gasteiger partial charge in [0.05, 0.1) is 19.4 Å². The lowest BCUT2D eigenvalue weighted by Gasteiger charge is -2.05. The molecule has 1 aromatic heterocycles. The van der Waals surface area contributed by atoms with Crippen molar-refractivity contribution >= 4 is 5.97 Å². The van der Waals surface area contributed by atoms with E-state index in [-0.39, 0.29) is 12.3 Å². The molecule has 0 radical (unpaired) electrons. The third-order valence-electron chi connectivity index (χ3n) is 2.57. The van der Waals surface area contributed by atoms with E-state index in [0.717, 1.165) is 0 Å². The molecule has 0 saturated carbocycles. The molecule has 2 N–H and O–H groups in total. The van der Waals surface area contributed by atoms with Crippen LogP contribution in [-0.2, 0) is 4.74 Å². The lowest BCUT2D eigenvalue weighted by atomic mass is 10.1. The number of esters is 1. The number of nitrogens with one attached hydrogen (secondary N) is 2. The molecule has 1 heterocycles. The number of H-pyrrole nitrogens is 2. The van der Waals surface area contributed by atoms with Crippen molar-refractivity contribution in [1.82, 2.24) is 9.97 Å². The monoisotopic (exact) mass is 262 g/mol. The van der Waals surface area contributed by atoms with Crippen LogP contribution in [0.3, 0.4) is 0 Å². The third-order valence-corrected chi connectivity index (χ3v) is 2.57. The number of hydrogen-bond acceptors (Lipinski definition) is 4. The largest absolute Gasteiger partial charge is 0.497 e. The zero-order valence-corrected chi connectivity index (χ0v) is 10.6. The van der Waals surface area contributed by atoms with Gasteiger partial charge < -0.3 is 14.5 Å². The standard InChI is InChI=1S/C13H14N2O4/c1-3-19-12(16)11-10(14-13(17)15-11)8-5-4-6-9(7-8)18-2/h4-7H,3H2,1-2H3,(H2,14,15,17). The number of carbonyl (C=O) groups is 1. The van der Waals surface area contributed by atoms with Crippen LogP contribution in [0.4, 0.5) is 0 Å². The van der Waals surface area contributed by atoms with Crippen molar-refractivity contribution in [3.63, 3.8) is 0 Å². The van der Waals surface area contributed by atoms with Crippen LogP contribution in [0.15, 0.2) is 29.1 Å². The summed E-state index contributed by atoms with van der Waals surface area (Å²) < 4.78 is 10.0. The molecule has 100 valence electrons. The van der Waals surface area contributed by atoms with Crippen LogP contribution >= 0.6 is 0 Å². The molecule has 0 aliphatic rings. The molecule has 19 heavy (non-hydrogen) atoms. The Balaban J connectivity index is 2.49. The van der Waals surface area contributed by atoms with Gasteiger partial charge in [0.25, 0.3) is 0 Å². The van der Waals surface area contributed by atoms with Crippen LogP contribution in [-0.4, -0.2) is 29.7 Å². The summed E-state index contributed by atoms with van der Waals surface area (Å²) in [6.07, 6.45) is 0. The van der Waals surface area contributed by atoms with Crippen LogP contribution < -0.4 is 10.4 Å². The number of ether oxygens (including phenoxy) is 2. The van der Waals surface area contributed by atoms with Crippen LogP contribution in [0.25, 0.3) is 11.3 Å². The summed E-state index contributed by atoms with van der Waals surface area (Å²) in [6.45, 7) is 1.94. The second-order valence-electron chi connectivity index (χ2n) is 3.78. The van der Waals surface area contributed by atoms with E-state index in [1.54, 1.807) is 38.3 Å². The predicted octanol–water partition coefficient (Wildman–Crippen LogP) is 1.56. The maximum absolute atomic E-state index is 11.8. The van der Waals surface area contributed by atoms with Gasteiger partial charge in [-0.05, 0) is 19.1 Å². The van der Waals surface area contributed by atoms with E-state index < -0.39 is 11.7 Å². The van der Waals surface area contributed by atoms with Crippen LogP contribution in [0.5, 0.6) is 5.75 Å². The van der Waals surface area contributed by atoms with Crippen LogP contribution in [0, 0.1) is 0 Å². The first-order valence-electron chi connectivity index (χ1n) is 5.79. The van der Waals surface area contributed by atoms with Crippen LogP contribution in [0.2, 0.25) is 0 Å². The number of carbonyl (C=O) groups excluding carboxylic acids is 1. The minimum atomic E-state index is -0.571. The minimum Gasteiger partial charge on any atom is -0.497 e. The van der Waals surface area contributed by atoms with Crippen molar-refractivity contribution in [2.45, 2.75) is 6.92 Å². The van der Waals surface area contributed by atoms with E-state index in [1.807, 2.05) is 0 Å². The molecule has 2 aromatic rings. The molecule has 0 spiro atoms. The van der Waals surface area contributed by atoms with Gasteiger partial charge in [0.2, 0.25) is 0 Å². The van der Waals surface area contributed by atoms with Crippen LogP contribution in [0.1, 0.15) is 17.4 Å². The molecule has 6 heteroatoms. The van der Waals surface area contributed by atoms with Crippen molar-refractivity contribution in [1.29, 1.82) is 0 Å². The van der Waals surface area contributed by atoms with Crippen molar-refractivity contribution in [3.05, 3.63) is 40.4 Å². The molecular weight excluding hydrogens is 248 g/mol. The molecule has 0 unspecified atom stereocenters. The number of aromatic nitrogens is 2. The Morgan fingerprint density at radius 3 is 2.79 bits per heavy atom. The molecule has 0 aliphatic carbocycles. The number of benzene rings is 1. The minimum absolute atomic E-state index is 0.111. The van der Waals surface area contributed by atoms with E-state index in [0.29, 0.717) is 17.0 Å². The maximum Gasteiger partial charge on any atom is 0.357 e. The molecular formula is C13H14N2O4. The van der Waals surface area contributed by atoms with Crippen molar-refractivity contribution in [2.24, 2.45) is 0 Å². The van der Waals surface area contributed by atoms with E-state index in [2.05, 4.69) is 9.97 Å². The summed E-state index contributed by atoms with van der Waals surface area (Å²) in [4.78, 5) is 28.2. The average molecular weight is 262 g/mol. The highest BCUT2D eigenvalue weighted by Gasteiger charge is 2.18. The SMILES string of the molecule is CCOC(=O)c1[nH]c(=O)[nH]c1-c1cccc(OC)c1. The third kappa shape index (κ3) is 2.67. The zero-order chi connectivity index (χ0) is 13.8. The first-order chi connectivity index (χ1) is 9.15. The Morgan fingerprint density at radius 1 is 1.32 bits per heavy atom. The molecule has 0 bridgehead atoms. The summed E-state index contributed by atoms with van der Waals surface area (Å²) in [7, 11) is 1.55. The molecule has 0 saturated heterocycles. The highest BCUT2D eigenvalue weighted by molar-refractivity contribution is 5.94. The number of hydrogen-bond donors (Lipinski definition) is 2. The molecule has 6 nitrogen and oxygen atoms in total. The van der Waals surface area contributed by atoms with Crippen molar-refractivity contribution < 1.29 is 14.3 Å². The van der Waals surface area contributed by atoms with Crippen molar-refractivity contribution in [3.8, 4) is 17.0 Å². The Labute approximate surface area is 109 Å². The summed E-state index contributed by atoms with van der Waals surface area (Å²) in [5.74, 6) is 0.0630. The fourth-order valence-electron chi connectivity index (χ4n) is 1.73. The summed E-state index contributed by atoms with van der Waals surface area (Å²) >= 11 is 0. The van der Waals surface area contributed by atoms with Gasteiger partial charge in [0.1, 0.15) is 5.75 Å². The van der Waals surface area contributed by atoms with Crippen molar-refractivity contribution in [2.75, 3.05) is 13.7 Å². The highest BCUT2D eigenvalue weighted by atomic mass is 16.5. The van der Waals surface area contributed by atoms with Gasteiger partial charge in [0, 0.05) is 5.56 Å². The van der Waals surface area contributed by atoms with Gasteiger partial charge in [-0.2, -0.15) is 0 Å². The topological polar surface area (TPSA) is 84.2 Å². The van der Waals surface area contributed by atoms with E-state index in [1.165, 1.54) is 0 Å². The normalized spacial score (nSPS) is 10.2. The Hall–Kier alpha value is -2.50. The summed E-state index contributed by atoms with van der Waals surface area (Å²) in [5, 5.41) is 0. The first-order valence-corrected chi connectivity index (χ1v) is 5.79. The molecule has 2 rings (SSSR count). The Bertz CT molecular complexity index is 642. The molecule has 1 aromatic carbocycles. The van der Waals surface area contributed by atoms with Gasteiger partial charge in [0.15, 0.2) is 5.69 Å². The van der Waals surface area contributed by atoms with Gasteiger partial charge in [-0.3, -0.25) is 4.98 Å². The predicted molar refractivity (Wildman–Crippen MR) is 69.4 cm³/mol. The lowest BCUT2D eigenvalue weighted by molar-refractivity contribution is 0.0521. The summed E-state index contributed by atoms with van der Waals surface area (Å²) in [6, 6.07) is 7.04. The van der Waals surface area contributed by atoms with E-state index in [9.17, 15) is 9.59 Å². The molecule has 0 amide bonds. The maximum atomic E-state index is 11.8. The number of imidazole rings is 1.